The number of para-hydroxylation sites is 2. The van der Waals surface area contributed by atoms with Gasteiger partial charge in [-0.05, 0) is 31.4 Å². The second-order valence-corrected chi connectivity index (χ2v) is 6.34. The number of hydrogen-bond acceptors (Lipinski definition) is 6. The van der Waals surface area contributed by atoms with E-state index in [2.05, 4.69) is 20.2 Å². The summed E-state index contributed by atoms with van der Waals surface area (Å²) in [6.07, 6.45) is 3.13. The van der Waals surface area contributed by atoms with Crippen molar-refractivity contribution in [2.24, 2.45) is 0 Å². The Hall–Kier alpha value is -2.68. The minimum atomic E-state index is -0.452. The lowest BCUT2D eigenvalue weighted by molar-refractivity contribution is 0.102. The van der Waals surface area contributed by atoms with Gasteiger partial charge < -0.3 is 15.0 Å². The third kappa shape index (κ3) is 4.05. The van der Waals surface area contributed by atoms with E-state index in [0.717, 1.165) is 43.9 Å². The number of nitrogens with zero attached hydrogens (tertiary/aromatic N) is 3. The molecule has 0 unspecified atom stereocenters. The lowest BCUT2D eigenvalue weighted by Gasteiger charge is -2.26. The summed E-state index contributed by atoms with van der Waals surface area (Å²) in [5, 5.41) is 9.66. The zero-order valence-electron chi connectivity index (χ0n) is 13.8. The van der Waals surface area contributed by atoms with Gasteiger partial charge in [0.05, 0.1) is 12.8 Å². The first kappa shape index (κ1) is 17.2. The van der Waals surface area contributed by atoms with Gasteiger partial charge in [0.15, 0.2) is 10.7 Å². The zero-order valence-corrected chi connectivity index (χ0v) is 14.6. The van der Waals surface area contributed by atoms with Crippen LogP contribution in [0, 0.1) is 0 Å². The molecule has 8 nitrogen and oxygen atoms in total. The molecule has 0 saturated carbocycles. The Balaban J connectivity index is 1.70. The monoisotopic (exact) mass is 361 g/mol. The summed E-state index contributed by atoms with van der Waals surface area (Å²) in [7, 11) is 1.53. The van der Waals surface area contributed by atoms with Gasteiger partial charge in [-0.1, -0.05) is 16.6 Å². The molecule has 2 heterocycles. The number of benzene rings is 1. The number of urea groups is 1. The standard InChI is InChI=1S/C16H19N5O3S/c1-24-12-8-4-3-7-11(12)17-14(22)13-15(25-20-19-13)18-16(23)21-9-5-2-6-10-21/h3-4,7-8H,2,5-6,9-10H2,1H3,(H,17,22)(H,18,23). The molecule has 0 spiro atoms. The first-order chi connectivity index (χ1) is 12.2. The number of anilines is 2. The molecule has 0 aliphatic carbocycles. The zero-order chi connectivity index (χ0) is 17.6. The molecule has 2 N–H and O–H groups in total. The summed E-state index contributed by atoms with van der Waals surface area (Å²) in [5.74, 6) is 0.0881. The van der Waals surface area contributed by atoms with E-state index < -0.39 is 5.91 Å². The minimum Gasteiger partial charge on any atom is -0.495 e. The van der Waals surface area contributed by atoms with Crippen LogP contribution in [0.1, 0.15) is 29.8 Å². The molecule has 0 atom stereocenters. The van der Waals surface area contributed by atoms with Gasteiger partial charge in [0, 0.05) is 24.6 Å². The number of aromatic nitrogens is 2. The number of amides is 3. The summed E-state index contributed by atoms with van der Waals surface area (Å²) < 4.78 is 9.01. The third-order valence-corrected chi connectivity index (χ3v) is 4.56. The largest absolute Gasteiger partial charge is 0.495 e. The Kier molecular flexibility index (Phi) is 5.44. The lowest BCUT2D eigenvalue weighted by atomic mass is 10.1. The van der Waals surface area contributed by atoms with Gasteiger partial charge in [-0.25, -0.2) is 4.79 Å². The molecule has 132 valence electrons. The Bertz CT molecular complexity index is 758. The van der Waals surface area contributed by atoms with E-state index in [9.17, 15) is 9.59 Å². The van der Waals surface area contributed by atoms with Crippen LogP contribution in [0.15, 0.2) is 24.3 Å². The molecule has 1 aromatic heterocycles. The molecule has 3 amide bonds. The van der Waals surface area contributed by atoms with Crippen LogP contribution in [0.25, 0.3) is 0 Å². The number of methoxy groups -OCH3 is 1. The molecule has 1 aliphatic rings. The fraction of sp³-hybridized carbons (Fsp3) is 0.375. The van der Waals surface area contributed by atoms with Crippen molar-refractivity contribution in [1.29, 1.82) is 0 Å². The summed E-state index contributed by atoms with van der Waals surface area (Å²) in [4.78, 5) is 26.5. The first-order valence-electron chi connectivity index (χ1n) is 8.01. The van der Waals surface area contributed by atoms with Crippen LogP contribution in [0.3, 0.4) is 0 Å². The number of nitrogens with one attached hydrogen (secondary N) is 2. The maximum Gasteiger partial charge on any atom is 0.322 e. The van der Waals surface area contributed by atoms with Crippen molar-refractivity contribution in [2.75, 3.05) is 30.8 Å². The van der Waals surface area contributed by atoms with E-state index >= 15 is 0 Å². The van der Waals surface area contributed by atoms with Gasteiger partial charge in [0.1, 0.15) is 5.75 Å². The summed E-state index contributed by atoms with van der Waals surface area (Å²) in [6, 6.07) is 6.84. The quantitative estimate of drug-likeness (QED) is 0.873. The molecule has 1 aromatic carbocycles. The van der Waals surface area contributed by atoms with Gasteiger partial charge in [0.25, 0.3) is 5.91 Å². The summed E-state index contributed by atoms with van der Waals surface area (Å²) >= 11 is 0.979. The first-order valence-corrected chi connectivity index (χ1v) is 8.79. The second kappa shape index (κ2) is 7.93. The predicted octanol–water partition coefficient (Wildman–Crippen LogP) is 2.82. The molecule has 0 radical (unpaired) electrons. The van der Waals surface area contributed by atoms with Gasteiger partial charge in [-0.3, -0.25) is 10.1 Å². The number of rotatable bonds is 4. The fourth-order valence-corrected chi connectivity index (χ4v) is 3.18. The molecule has 0 bridgehead atoms. The van der Waals surface area contributed by atoms with E-state index in [4.69, 9.17) is 4.74 Å². The number of carbonyl (C=O) groups is 2. The molecule has 1 fully saturated rings. The van der Waals surface area contributed by atoms with Crippen molar-refractivity contribution < 1.29 is 14.3 Å². The highest BCUT2D eigenvalue weighted by Crippen LogP contribution is 2.25. The number of likely N-dealkylation sites (tertiary alicyclic amines) is 1. The highest BCUT2D eigenvalue weighted by molar-refractivity contribution is 7.10. The molecule has 2 aromatic rings. The van der Waals surface area contributed by atoms with Crippen LogP contribution >= 0.6 is 11.5 Å². The molecule has 9 heteroatoms. The second-order valence-electron chi connectivity index (χ2n) is 5.58. The van der Waals surface area contributed by atoms with E-state index in [1.165, 1.54) is 7.11 Å². The maximum absolute atomic E-state index is 12.5. The number of piperidine rings is 1. The van der Waals surface area contributed by atoms with Crippen molar-refractivity contribution >= 4 is 34.2 Å². The Labute approximate surface area is 149 Å². The van der Waals surface area contributed by atoms with Crippen molar-refractivity contribution in [1.82, 2.24) is 14.5 Å². The molecule has 25 heavy (non-hydrogen) atoms. The highest BCUT2D eigenvalue weighted by Gasteiger charge is 2.22. The minimum absolute atomic E-state index is 0.0845. The van der Waals surface area contributed by atoms with Crippen molar-refractivity contribution in [3.63, 3.8) is 0 Å². The Morgan fingerprint density at radius 2 is 1.92 bits per heavy atom. The maximum atomic E-state index is 12.5. The van der Waals surface area contributed by atoms with Gasteiger partial charge in [0.2, 0.25) is 0 Å². The number of ether oxygens (including phenoxy) is 1. The topological polar surface area (TPSA) is 96.5 Å². The van der Waals surface area contributed by atoms with Crippen LogP contribution in [-0.2, 0) is 0 Å². The smallest absolute Gasteiger partial charge is 0.322 e. The molecule has 1 aliphatic heterocycles. The average Bonchev–Trinajstić information content (AvgIpc) is 3.11. The van der Waals surface area contributed by atoms with Gasteiger partial charge in [-0.2, -0.15) is 0 Å². The normalized spacial score (nSPS) is 14.0. The third-order valence-electron chi connectivity index (χ3n) is 3.92. The number of hydrogen-bond donors (Lipinski definition) is 2. The van der Waals surface area contributed by atoms with Crippen molar-refractivity contribution in [3.8, 4) is 5.75 Å². The van der Waals surface area contributed by atoms with E-state index in [-0.39, 0.29) is 11.7 Å². The van der Waals surface area contributed by atoms with Gasteiger partial charge >= 0.3 is 6.03 Å². The molecular formula is C16H19N5O3S. The Morgan fingerprint density at radius 3 is 2.68 bits per heavy atom. The molecular weight excluding hydrogens is 342 g/mol. The van der Waals surface area contributed by atoms with Crippen LogP contribution in [0.2, 0.25) is 0 Å². The lowest BCUT2D eigenvalue weighted by Crippen LogP contribution is -2.38. The Morgan fingerprint density at radius 1 is 1.16 bits per heavy atom. The SMILES string of the molecule is COc1ccccc1NC(=O)c1nnsc1NC(=O)N1CCCCC1. The number of carbonyl (C=O) groups excluding carboxylic acids is 2. The van der Waals surface area contributed by atoms with Gasteiger partial charge in [-0.15, -0.1) is 5.10 Å². The van der Waals surface area contributed by atoms with Crippen LogP contribution < -0.4 is 15.4 Å². The highest BCUT2D eigenvalue weighted by atomic mass is 32.1. The fourth-order valence-electron chi connectivity index (χ4n) is 2.62. The van der Waals surface area contributed by atoms with E-state index in [0.29, 0.717) is 16.4 Å². The van der Waals surface area contributed by atoms with Crippen LogP contribution in [0.5, 0.6) is 5.75 Å². The summed E-state index contributed by atoms with van der Waals surface area (Å²) in [5.41, 5.74) is 0.609. The average molecular weight is 361 g/mol. The molecule has 1 saturated heterocycles. The predicted molar refractivity (Wildman–Crippen MR) is 95.3 cm³/mol. The van der Waals surface area contributed by atoms with E-state index in [1.807, 2.05) is 6.07 Å². The van der Waals surface area contributed by atoms with Crippen LogP contribution in [-0.4, -0.2) is 46.6 Å². The summed E-state index contributed by atoms with van der Waals surface area (Å²) in [6.45, 7) is 1.45. The van der Waals surface area contributed by atoms with Crippen LogP contribution in [0.4, 0.5) is 15.5 Å². The molecule has 3 rings (SSSR count). The van der Waals surface area contributed by atoms with E-state index in [1.54, 1.807) is 23.1 Å². The van der Waals surface area contributed by atoms with Crippen molar-refractivity contribution in [3.05, 3.63) is 30.0 Å². The van der Waals surface area contributed by atoms with Crippen molar-refractivity contribution in [2.45, 2.75) is 19.3 Å².